The summed E-state index contributed by atoms with van der Waals surface area (Å²) in [6.45, 7) is 4.92. The third kappa shape index (κ3) is 3.69. The van der Waals surface area contributed by atoms with Crippen molar-refractivity contribution < 1.29 is 4.79 Å². The minimum Gasteiger partial charge on any atom is -0.345 e. The number of carbonyl (C=O) groups excluding carboxylic acids is 1. The number of amides is 1. The van der Waals surface area contributed by atoms with Gasteiger partial charge in [-0.15, -0.1) is 24.0 Å². The quantitative estimate of drug-likeness (QED) is 0.638. The molecule has 0 bridgehead atoms. The predicted molar refractivity (Wildman–Crippen MR) is 96.2 cm³/mol. The van der Waals surface area contributed by atoms with Gasteiger partial charge in [0.1, 0.15) is 0 Å². The van der Waals surface area contributed by atoms with Crippen LogP contribution in [-0.2, 0) is 4.79 Å². The molecule has 0 N–H and O–H groups in total. The van der Waals surface area contributed by atoms with Crippen LogP contribution in [-0.4, -0.2) is 42.0 Å². The van der Waals surface area contributed by atoms with E-state index in [1.165, 1.54) is 0 Å². The molecule has 6 heteroatoms. The molecule has 23 heavy (non-hydrogen) atoms. The van der Waals surface area contributed by atoms with Crippen LogP contribution in [0.2, 0.25) is 0 Å². The van der Waals surface area contributed by atoms with Crippen molar-refractivity contribution in [3.8, 4) is 11.8 Å². The van der Waals surface area contributed by atoms with Crippen LogP contribution < -0.4 is 4.90 Å². The molecule has 0 spiro atoms. The first kappa shape index (κ1) is 15.9. The number of aryl methyl sites for hydroxylation is 1. The van der Waals surface area contributed by atoms with Gasteiger partial charge in [0.15, 0.2) is 5.13 Å². The second-order valence-corrected chi connectivity index (χ2v) is 6.64. The number of benzene rings is 1. The Labute approximate surface area is 145 Å². The van der Waals surface area contributed by atoms with Crippen LogP contribution in [0, 0.1) is 18.8 Å². The lowest BCUT2D eigenvalue weighted by Gasteiger charge is -2.33. The first-order valence-corrected chi connectivity index (χ1v) is 8.72. The van der Waals surface area contributed by atoms with Crippen molar-refractivity contribution in [3.63, 3.8) is 0 Å². The van der Waals surface area contributed by atoms with E-state index in [0.717, 1.165) is 34.2 Å². The van der Waals surface area contributed by atoms with Crippen LogP contribution in [0.4, 0.5) is 5.13 Å². The van der Waals surface area contributed by atoms with Crippen molar-refractivity contribution in [3.05, 3.63) is 40.9 Å². The van der Waals surface area contributed by atoms with Crippen LogP contribution in [0.5, 0.6) is 0 Å². The summed E-state index contributed by atoms with van der Waals surface area (Å²) in [5, 5.41) is 2.98. The van der Waals surface area contributed by atoms with Crippen LogP contribution in [0.25, 0.3) is 0 Å². The maximum atomic E-state index is 12.3. The Morgan fingerprint density at radius 3 is 2.78 bits per heavy atom. The Balaban J connectivity index is 1.62. The number of carbonyl (C=O) groups is 1. The smallest absolute Gasteiger partial charge is 0.298 e. The van der Waals surface area contributed by atoms with Crippen molar-refractivity contribution in [2.45, 2.75) is 11.8 Å². The zero-order valence-corrected chi connectivity index (χ0v) is 14.5. The molecule has 1 fully saturated rings. The number of rotatable bonds is 1. The number of anilines is 1. The van der Waals surface area contributed by atoms with Crippen molar-refractivity contribution in [2.24, 2.45) is 0 Å². The van der Waals surface area contributed by atoms with Gasteiger partial charge in [0, 0.05) is 54.1 Å². The largest absolute Gasteiger partial charge is 0.345 e. The number of thiazole rings is 1. The van der Waals surface area contributed by atoms with E-state index in [-0.39, 0.29) is 5.91 Å². The molecule has 2 aromatic rings. The summed E-state index contributed by atoms with van der Waals surface area (Å²) in [7, 11) is 0. The number of aromatic nitrogens is 1. The second kappa shape index (κ2) is 7.07. The van der Waals surface area contributed by atoms with Crippen LogP contribution in [0.15, 0.2) is 34.7 Å². The van der Waals surface area contributed by atoms with E-state index in [1.54, 1.807) is 22.4 Å². The van der Waals surface area contributed by atoms with Crippen molar-refractivity contribution in [1.29, 1.82) is 0 Å². The molecule has 1 aromatic carbocycles. The number of hydrogen-bond donors (Lipinski definition) is 1. The first-order chi connectivity index (χ1) is 11.1. The Bertz CT molecular complexity index is 754. The summed E-state index contributed by atoms with van der Waals surface area (Å²) in [4.78, 5) is 21.4. The molecule has 1 aliphatic rings. The van der Waals surface area contributed by atoms with Gasteiger partial charge in [-0.25, -0.2) is 4.98 Å². The molecule has 0 radical (unpaired) electrons. The summed E-state index contributed by atoms with van der Waals surface area (Å²) >= 11 is 6.07. The average Bonchev–Trinajstić information content (AvgIpc) is 3.10. The maximum Gasteiger partial charge on any atom is 0.298 e. The summed E-state index contributed by atoms with van der Waals surface area (Å²) < 4.78 is 0. The number of nitrogens with zero attached hydrogens (tertiary/aromatic N) is 3. The minimum atomic E-state index is -0.127. The van der Waals surface area contributed by atoms with E-state index in [0.29, 0.717) is 13.1 Å². The highest BCUT2D eigenvalue weighted by Gasteiger charge is 2.21. The third-order valence-corrected chi connectivity index (χ3v) is 5.22. The first-order valence-electron chi connectivity index (χ1n) is 7.39. The molecular weight excluding hydrogens is 326 g/mol. The van der Waals surface area contributed by atoms with E-state index >= 15 is 0 Å². The molecule has 1 aliphatic heterocycles. The molecule has 1 amide bonds. The van der Waals surface area contributed by atoms with Crippen molar-refractivity contribution in [2.75, 3.05) is 31.1 Å². The molecule has 0 aliphatic carbocycles. The van der Waals surface area contributed by atoms with Crippen LogP contribution in [0.3, 0.4) is 0 Å². The topological polar surface area (TPSA) is 36.4 Å². The van der Waals surface area contributed by atoms with Gasteiger partial charge in [0.25, 0.3) is 5.91 Å². The molecular formula is C17H17N3OS2. The van der Waals surface area contributed by atoms with Gasteiger partial charge in [-0.3, -0.25) is 4.79 Å². The number of hydrogen-bond acceptors (Lipinski definition) is 5. The molecule has 2 heterocycles. The summed E-state index contributed by atoms with van der Waals surface area (Å²) in [5.41, 5.74) is 1.85. The molecule has 118 valence electrons. The summed E-state index contributed by atoms with van der Waals surface area (Å²) in [6.07, 6.45) is 1.81. The zero-order valence-electron chi connectivity index (χ0n) is 12.8. The molecule has 1 aromatic heterocycles. The Morgan fingerprint density at radius 1 is 1.30 bits per heavy atom. The Hall–Kier alpha value is -1.97. The predicted octanol–water partition coefficient (Wildman–Crippen LogP) is 2.44. The van der Waals surface area contributed by atoms with Gasteiger partial charge < -0.3 is 9.80 Å². The average molecular weight is 343 g/mol. The number of thiol groups is 1. The fourth-order valence-corrected chi connectivity index (χ4v) is 3.33. The molecule has 4 nitrogen and oxygen atoms in total. The summed E-state index contributed by atoms with van der Waals surface area (Å²) in [5.74, 6) is 5.56. The standard InChI is InChI=1S/C17H17N3OS2/c1-13-3-2-4-14(16(13)22)5-6-15(21)19-8-10-20(11-9-19)17-18-7-12-23-17/h2-4,7,12,22H,8-11H2,1H3. The van der Waals surface area contributed by atoms with Gasteiger partial charge >= 0.3 is 0 Å². The van der Waals surface area contributed by atoms with Gasteiger partial charge in [0.2, 0.25) is 0 Å². The molecule has 0 saturated carbocycles. The normalized spacial score (nSPS) is 14.3. The van der Waals surface area contributed by atoms with E-state index in [9.17, 15) is 4.79 Å². The Morgan fingerprint density at radius 2 is 2.09 bits per heavy atom. The van der Waals surface area contributed by atoms with Crippen molar-refractivity contribution in [1.82, 2.24) is 9.88 Å². The lowest BCUT2D eigenvalue weighted by atomic mass is 10.1. The third-order valence-electron chi connectivity index (χ3n) is 3.80. The van der Waals surface area contributed by atoms with Gasteiger partial charge in [-0.1, -0.05) is 18.1 Å². The second-order valence-electron chi connectivity index (χ2n) is 5.32. The van der Waals surface area contributed by atoms with E-state index < -0.39 is 0 Å². The highest BCUT2D eigenvalue weighted by atomic mass is 32.1. The Kier molecular flexibility index (Phi) is 4.89. The highest BCUT2D eigenvalue weighted by Crippen LogP contribution is 2.19. The van der Waals surface area contributed by atoms with Gasteiger partial charge in [0.05, 0.1) is 0 Å². The van der Waals surface area contributed by atoms with Crippen LogP contribution >= 0.6 is 24.0 Å². The maximum absolute atomic E-state index is 12.3. The van der Waals surface area contributed by atoms with Gasteiger partial charge in [-0.2, -0.15) is 0 Å². The highest BCUT2D eigenvalue weighted by molar-refractivity contribution is 7.80. The fraction of sp³-hybridized carbons (Fsp3) is 0.294. The number of piperazine rings is 1. The molecule has 0 atom stereocenters. The lowest BCUT2D eigenvalue weighted by molar-refractivity contribution is -0.125. The van der Waals surface area contributed by atoms with Crippen molar-refractivity contribution >= 4 is 35.0 Å². The molecule has 0 unspecified atom stereocenters. The monoisotopic (exact) mass is 343 g/mol. The lowest BCUT2D eigenvalue weighted by Crippen LogP contribution is -2.48. The SMILES string of the molecule is Cc1cccc(C#CC(=O)N2CCN(c3nccs3)CC2)c1S. The van der Waals surface area contributed by atoms with E-state index in [4.69, 9.17) is 0 Å². The molecule has 1 saturated heterocycles. The fourth-order valence-electron chi connectivity index (χ4n) is 2.43. The zero-order chi connectivity index (χ0) is 16.2. The minimum absolute atomic E-state index is 0.127. The van der Waals surface area contributed by atoms with Gasteiger partial charge in [-0.05, 0) is 18.6 Å². The summed E-state index contributed by atoms with van der Waals surface area (Å²) in [6, 6.07) is 5.79. The van der Waals surface area contributed by atoms with E-state index in [1.807, 2.05) is 30.5 Å². The molecule has 3 rings (SSSR count). The van der Waals surface area contributed by atoms with E-state index in [2.05, 4.69) is 34.4 Å². The van der Waals surface area contributed by atoms with Crippen LogP contribution in [0.1, 0.15) is 11.1 Å².